The molecule has 0 saturated heterocycles. The van der Waals surface area contributed by atoms with Crippen molar-refractivity contribution in [3.8, 4) is 28.4 Å². The van der Waals surface area contributed by atoms with E-state index in [2.05, 4.69) is 15.3 Å². The van der Waals surface area contributed by atoms with Crippen molar-refractivity contribution in [2.45, 2.75) is 19.4 Å². The fourth-order valence-electron chi connectivity index (χ4n) is 3.13. The van der Waals surface area contributed by atoms with E-state index in [1.807, 2.05) is 24.3 Å². The summed E-state index contributed by atoms with van der Waals surface area (Å²) in [6.45, 7) is 1.03. The number of aromatic nitrogens is 2. The van der Waals surface area contributed by atoms with Crippen molar-refractivity contribution >= 4 is 17.0 Å². The number of halogens is 1. The van der Waals surface area contributed by atoms with Gasteiger partial charge in [-0.2, -0.15) is 4.57 Å². The summed E-state index contributed by atoms with van der Waals surface area (Å²) in [6.07, 6.45) is 4.36. The number of fused-ring (bicyclic) bond motifs is 1. The van der Waals surface area contributed by atoms with Crippen molar-refractivity contribution in [3.05, 3.63) is 60.6 Å². The molecule has 0 spiro atoms. The van der Waals surface area contributed by atoms with Crippen molar-refractivity contribution in [2.75, 3.05) is 0 Å². The lowest BCUT2D eigenvalue weighted by Gasteiger charge is -2.05. The van der Waals surface area contributed by atoms with Crippen molar-refractivity contribution in [1.29, 1.82) is 0 Å². The highest BCUT2D eigenvalue weighted by Crippen LogP contribution is 2.28. The standard InChI is InChI=1S/C18H16N2O2.BrH/c21-15-7-3-13(4-8-15)17-12-19-11-1-2-18(19)20(17)14-5-9-16(22)10-6-14;/h3-10,12H,1-2,11H2,(H-,21,22);1H/p+1. The first-order valence-corrected chi connectivity index (χ1v) is 7.45. The third kappa shape index (κ3) is 2.72. The zero-order chi connectivity index (χ0) is 15.1. The number of hydrogen-bond donors (Lipinski definition) is 2. The molecule has 0 unspecified atom stereocenters. The molecule has 0 saturated carbocycles. The summed E-state index contributed by atoms with van der Waals surface area (Å²) in [5.74, 6) is 1.81. The minimum atomic E-state index is 0. The lowest BCUT2D eigenvalue weighted by atomic mass is 10.1. The smallest absolute Gasteiger partial charge is 0.262 e. The van der Waals surface area contributed by atoms with Crippen molar-refractivity contribution in [2.24, 2.45) is 0 Å². The topological polar surface area (TPSA) is 49.3 Å². The maximum absolute atomic E-state index is 9.52. The van der Waals surface area contributed by atoms with Crippen LogP contribution in [0.3, 0.4) is 0 Å². The molecule has 5 heteroatoms. The summed E-state index contributed by atoms with van der Waals surface area (Å²) in [4.78, 5) is 0. The molecule has 3 aromatic rings. The first-order valence-electron chi connectivity index (χ1n) is 7.45. The third-order valence-corrected chi connectivity index (χ3v) is 4.18. The van der Waals surface area contributed by atoms with Crippen LogP contribution in [0.2, 0.25) is 0 Å². The molecule has 23 heavy (non-hydrogen) atoms. The Hall–Kier alpha value is -2.27. The van der Waals surface area contributed by atoms with E-state index >= 15 is 0 Å². The minimum Gasteiger partial charge on any atom is -0.508 e. The fraction of sp³-hybridized carbons (Fsp3) is 0.167. The molecule has 0 fully saturated rings. The van der Waals surface area contributed by atoms with E-state index in [1.165, 1.54) is 5.82 Å². The Morgan fingerprint density at radius 3 is 2.13 bits per heavy atom. The van der Waals surface area contributed by atoms with Gasteiger partial charge in [0.25, 0.3) is 5.82 Å². The molecular formula is C18H18BrN2O2+. The summed E-state index contributed by atoms with van der Waals surface area (Å²) in [5, 5.41) is 19.0. The largest absolute Gasteiger partial charge is 0.508 e. The Kier molecular flexibility index (Phi) is 4.13. The van der Waals surface area contributed by atoms with E-state index in [9.17, 15) is 10.2 Å². The molecule has 0 amide bonds. The van der Waals surface area contributed by atoms with Crippen LogP contribution >= 0.6 is 17.0 Å². The van der Waals surface area contributed by atoms with Gasteiger partial charge < -0.3 is 10.2 Å². The number of phenolic OH excluding ortho intramolecular Hbond substituents is 2. The van der Waals surface area contributed by atoms with Gasteiger partial charge in [-0.1, -0.05) is 0 Å². The Morgan fingerprint density at radius 1 is 0.870 bits per heavy atom. The van der Waals surface area contributed by atoms with Gasteiger partial charge in [-0.25, -0.2) is 4.57 Å². The van der Waals surface area contributed by atoms with Crippen molar-refractivity contribution in [3.63, 3.8) is 0 Å². The van der Waals surface area contributed by atoms with E-state index < -0.39 is 0 Å². The monoisotopic (exact) mass is 373 g/mol. The molecule has 1 aromatic heterocycles. The van der Waals surface area contributed by atoms with E-state index in [0.717, 1.165) is 36.3 Å². The highest BCUT2D eigenvalue weighted by molar-refractivity contribution is 8.93. The van der Waals surface area contributed by atoms with E-state index in [0.29, 0.717) is 0 Å². The van der Waals surface area contributed by atoms with Crippen molar-refractivity contribution in [1.82, 2.24) is 4.57 Å². The lowest BCUT2D eigenvalue weighted by Crippen LogP contribution is -2.30. The van der Waals surface area contributed by atoms with Gasteiger partial charge in [-0.3, -0.25) is 0 Å². The molecule has 1 aliphatic heterocycles. The molecule has 2 N–H and O–H groups in total. The number of hydrogen-bond acceptors (Lipinski definition) is 2. The first kappa shape index (κ1) is 15.6. The van der Waals surface area contributed by atoms with Crippen LogP contribution in [0.5, 0.6) is 11.5 Å². The SMILES string of the molecule is Br.Oc1ccc(-c2c[n+]3c(n2-c2ccc(O)cc2)CCC3)cc1. The zero-order valence-electron chi connectivity index (χ0n) is 12.5. The second-order valence-electron chi connectivity index (χ2n) is 5.63. The second-order valence-corrected chi connectivity index (χ2v) is 5.63. The quantitative estimate of drug-likeness (QED) is 0.676. The molecule has 0 bridgehead atoms. The highest BCUT2D eigenvalue weighted by Gasteiger charge is 2.29. The molecule has 0 radical (unpaired) electrons. The van der Waals surface area contributed by atoms with E-state index in [4.69, 9.17) is 0 Å². The van der Waals surface area contributed by atoms with Gasteiger partial charge in [0.05, 0.1) is 13.0 Å². The van der Waals surface area contributed by atoms with Crippen LogP contribution in [0.4, 0.5) is 0 Å². The molecule has 2 aromatic carbocycles. The van der Waals surface area contributed by atoms with Crippen molar-refractivity contribution < 1.29 is 14.8 Å². The van der Waals surface area contributed by atoms with E-state index in [-0.39, 0.29) is 28.5 Å². The van der Waals surface area contributed by atoms with E-state index in [1.54, 1.807) is 24.3 Å². The van der Waals surface area contributed by atoms with Gasteiger partial charge in [0, 0.05) is 5.56 Å². The summed E-state index contributed by atoms with van der Waals surface area (Å²) < 4.78 is 4.52. The van der Waals surface area contributed by atoms with Crippen LogP contribution in [0.25, 0.3) is 16.9 Å². The number of aryl methyl sites for hydroxylation is 1. The third-order valence-electron chi connectivity index (χ3n) is 4.18. The summed E-state index contributed by atoms with van der Waals surface area (Å²) in [5.41, 5.74) is 3.20. The van der Waals surface area contributed by atoms with Crippen LogP contribution in [0.1, 0.15) is 12.2 Å². The Labute approximate surface area is 145 Å². The van der Waals surface area contributed by atoms with Crippen LogP contribution in [0.15, 0.2) is 54.7 Å². The zero-order valence-corrected chi connectivity index (χ0v) is 14.2. The average molecular weight is 374 g/mol. The van der Waals surface area contributed by atoms with Gasteiger partial charge in [0.15, 0.2) is 5.69 Å². The number of benzene rings is 2. The average Bonchev–Trinajstić information content (AvgIpc) is 3.10. The maximum Gasteiger partial charge on any atom is 0.262 e. The van der Waals surface area contributed by atoms with Crippen LogP contribution in [-0.4, -0.2) is 14.8 Å². The predicted octanol–water partition coefficient (Wildman–Crippen LogP) is 3.37. The number of phenols is 2. The molecule has 4 nitrogen and oxygen atoms in total. The van der Waals surface area contributed by atoms with Gasteiger partial charge in [-0.15, -0.1) is 17.0 Å². The lowest BCUT2D eigenvalue weighted by molar-refractivity contribution is -0.689. The first-order chi connectivity index (χ1) is 10.7. The number of rotatable bonds is 2. The van der Waals surface area contributed by atoms with Crippen LogP contribution < -0.4 is 4.57 Å². The second kappa shape index (κ2) is 6.08. The van der Waals surface area contributed by atoms with Gasteiger partial charge in [0.2, 0.25) is 0 Å². The molecule has 2 heterocycles. The van der Waals surface area contributed by atoms with Crippen LogP contribution in [-0.2, 0) is 13.0 Å². The molecule has 118 valence electrons. The van der Waals surface area contributed by atoms with Crippen LogP contribution in [0, 0.1) is 0 Å². The Balaban J connectivity index is 0.00000156. The minimum absolute atomic E-state index is 0. The molecule has 1 aliphatic rings. The molecular weight excluding hydrogens is 356 g/mol. The normalized spacial score (nSPS) is 12.7. The number of imidazole rings is 1. The number of nitrogens with zero attached hydrogens (tertiary/aromatic N) is 2. The summed E-state index contributed by atoms with van der Waals surface area (Å²) >= 11 is 0. The Morgan fingerprint density at radius 2 is 1.48 bits per heavy atom. The fourth-order valence-corrected chi connectivity index (χ4v) is 3.13. The highest BCUT2D eigenvalue weighted by atomic mass is 79.9. The molecule has 4 rings (SSSR count). The molecule has 0 aliphatic carbocycles. The van der Waals surface area contributed by atoms with Gasteiger partial charge in [-0.05, 0) is 55.0 Å². The predicted molar refractivity (Wildman–Crippen MR) is 93.4 cm³/mol. The summed E-state index contributed by atoms with van der Waals surface area (Å²) in [7, 11) is 0. The number of aromatic hydroxyl groups is 2. The Bertz CT molecular complexity index is 823. The summed E-state index contributed by atoms with van der Waals surface area (Å²) in [6, 6.07) is 14.5. The van der Waals surface area contributed by atoms with Gasteiger partial charge >= 0.3 is 0 Å². The maximum atomic E-state index is 9.52. The molecule has 0 atom stereocenters. The van der Waals surface area contributed by atoms with Gasteiger partial charge in [0.1, 0.15) is 23.4 Å².